The van der Waals surface area contributed by atoms with Crippen LogP contribution in [0, 0.1) is 0 Å². The van der Waals surface area contributed by atoms with E-state index in [2.05, 4.69) is 38.8 Å². The Morgan fingerprint density at radius 3 is 1.58 bits per heavy atom. The first-order valence-electron chi connectivity index (χ1n) is 4.12. The van der Waals surface area contributed by atoms with Gasteiger partial charge in [0, 0.05) is 0 Å². The van der Waals surface area contributed by atoms with Crippen molar-refractivity contribution in [1.29, 1.82) is 0 Å². The van der Waals surface area contributed by atoms with Gasteiger partial charge in [0.1, 0.15) is 0 Å². The molecule has 0 radical (unpaired) electrons. The van der Waals surface area contributed by atoms with Gasteiger partial charge in [0.05, 0.1) is 28.2 Å². The molecule has 0 atom stereocenters. The van der Waals surface area contributed by atoms with Gasteiger partial charge in [-0.05, 0) is 12.2 Å². The van der Waals surface area contributed by atoms with E-state index in [0.29, 0.717) is 0 Å². The SMILES string of the molecule is C[NH+](C)CNC(=S)NC[NH+](C)C. The van der Waals surface area contributed by atoms with Crippen molar-refractivity contribution >= 4 is 17.3 Å². The molecule has 0 amide bonds. The number of quaternary nitrogens is 2. The lowest BCUT2D eigenvalue weighted by Crippen LogP contribution is -3.08. The van der Waals surface area contributed by atoms with E-state index < -0.39 is 0 Å². The molecule has 0 aromatic rings. The van der Waals surface area contributed by atoms with Gasteiger partial charge in [-0.3, -0.25) is 0 Å². The lowest BCUT2D eigenvalue weighted by Gasteiger charge is -2.13. The second-order valence-corrected chi connectivity index (χ2v) is 3.86. The van der Waals surface area contributed by atoms with Crippen LogP contribution in [0.5, 0.6) is 0 Å². The van der Waals surface area contributed by atoms with Crippen molar-refractivity contribution in [3.05, 3.63) is 0 Å². The predicted octanol–water partition coefficient (Wildman–Crippen LogP) is -3.35. The summed E-state index contributed by atoms with van der Waals surface area (Å²) in [6, 6.07) is 0. The maximum Gasteiger partial charge on any atom is 0.174 e. The lowest BCUT2D eigenvalue weighted by atomic mass is 10.8. The average Bonchev–Trinajstić information content (AvgIpc) is 1.96. The summed E-state index contributed by atoms with van der Waals surface area (Å²) in [4.78, 5) is 2.66. The average molecular weight is 192 g/mol. The van der Waals surface area contributed by atoms with Crippen molar-refractivity contribution in [2.75, 3.05) is 41.5 Å². The molecular formula is C7H20N4S+2. The van der Waals surface area contributed by atoms with Gasteiger partial charge in [-0.1, -0.05) is 0 Å². The summed E-state index contributed by atoms with van der Waals surface area (Å²) in [5, 5.41) is 6.95. The molecule has 0 aromatic heterocycles. The van der Waals surface area contributed by atoms with Gasteiger partial charge in [0.15, 0.2) is 18.4 Å². The topological polar surface area (TPSA) is 32.9 Å². The molecule has 0 saturated heterocycles. The van der Waals surface area contributed by atoms with Crippen molar-refractivity contribution < 1.29 is 9.80 Å². The third kappa shape index (κ3) is 7.71. The van der Waals surface area contributed by atoms with E-state index in [4.69, 9.17) is 12.2 Å². The lowest BCUT2D eigenvalue weighted by molar-refractivity contribution is -0.861. The first kappa shape index (κ1) is 11.6. The van der Waals surface area contributed by atoms with Gasteiger partial charge >= 0.3 is 0 Å². The Hall–Kier alpha value is -0.390. The van der Waals surface area contributed by atoms with E-state index in [-0.39, 0.29) is 0 Å². The van der Waals surface area contributed by atoms with Crippen molar-refractivity contribution in [1.82, 2.24) is 10.6 Å². The molecule has 0 heterocycles. The summed E-state index contributed by atoms with van der Waals surface area (Å²) >= 11 is 5.04. The summed E-state index contributed by atoms with van der Waals surface area (Å²) in [7, 11) is 8.30. The maximum absolute atomic E-state index is 5.04. The molecule has 0 spiro atoms. The molecule has 4 nitrogen and oxygen atoms in total. The Bertz CT molecular complexity index is 121. The van der Waals surface area contributed by atoms with E-state index in [1.807, 2.05) is 0 Å². The molecule has 72 valence electrons. The normalized spacial score (nSPS) is 10.5. The fourth-order valence-electron chi connectivity index (χ4n) is 0.577. The Morgan fingerprint density at radius 2 is 1.33 bits per heavy atom. The highest BCUT2D eigenvalue weighted by molar-refractivity contribution is 7.80. The molecule has 0 aliphatic rings. The van der Waals surface area contributed by atoms with E-state index in [9.17, 15) is 0 Å². The van der Waals surface area contributed by atoms with E-state index in [0.717, 1.165) is 18.4 Å². The zero-order valence-corrected chi connectivity index (χ0v) is 9.14. The van der Waals surface area contributed by atoms with Crippen LogP contribution in [0.1, 0.15) is 0 Å². The molecule has 0 unspecified atom stereocenters. The zero-order valence-electron chi connectivity index (χ0n) is 8.32. The van der Waals surface area contributed by atoms with Crippen molar-refractivity contribution in [2.45, 2.75) is 0 Å². The van der Waals surface area contributed by atoms with E-state index >= 15 is 0 Å². The summed E-state index contributed by atoms with van der Waals surface area (Å²) in [5.74, 6) is 0. The smallest absolute Gasteiger partial charge is 0.174 e. The first-order chi connectivity index (χ1) is 5.52. The Morgan fingerprint density at radius 1 is 1.00 bits per heavy atom. The van der Waals surface area contributed by atoms with Crippen LogP contribution in [0.2, 0.25) is 0 Å². The molecule has 0 aliphatic heterocycles. The summed E-state index contributed by atoms with van der Waals surface area (Å²) < 4.78 is 0. The van der Waals surface area contributed by atoms with Crippen LogP contribution in [-0.2, 0) is 0 Å². The molecule has 0 fully saturated rings. The third-order valence-corrected chi connectivity index (χ3v) is 1.49. The Kier molecular flexibility index (Phi) is 5.96. The van der Waals surface area contributed by atoms with Gasteiger partial charge in [-0.25, -0.2) is 0 Å². The monoisotopic (exact) mass is 192 g/mol. The second kappa shape index (κ2) is 6.16. The van der Waals surface area contributed by atoms with Crippen LogP contribution >= 0.6 is 12.2 Å². The highest BCUT2D eigenvalue weighted by atomic mass is 32.1. The van der Waals surface area contributed by atoms with Gasteiger partial charge in [0.2, 0.25) is 0 Å². The van der Waals surface area contributed by atoms with E-state index in [1.54, 1.807) is 0 Å². The molecule has 0 bridgehead atoms. The fraction of sp³-hybridized carbons (Fsp3) is 0.857. The second-order valence-electron chi connectivity index (χ2n) is 3.45. The van der Waals surface area contributed by atoms with Crippen LogP contribution in [0.3, 0.4) is 0 Å². The largest absolute Gasteiger partial charge is 0.323 e. The molecule has 0 aliphatic carbocycles. The number of nitrogens with one attached hydrogen (secondary N) is 4. The number of hydrogen-bond donors (Lipinski definition) is 4. The van der Waals surface area contributed by atoms with Gasteiger partial charge in [0.25, 0.3) is 0 Å². The maximum atomic E-state index is 5.04. The molecule has 0 aromatic carbocycles. The molecule has 0 rings (SSSR count). The van der Waals surface area contributed by atoms with Gasteiger partial charge in [-0.2, -0.15) is 0 Å². The number of thiocarbonyl (C=S) groups is 1. The molecule has 0 saturated carbocycles. The van der Waals surface area contributed by atoms with Crippen molar-refractivity contribution in [2.24, 2.45) is 0 Å². The zero-order chi connectivity index (χ0) is 9.56. The van der Waals surface area contributed by atoms with Crippen LogP contribution in [0.15, 0.2) is 0 Å². The number of rotatable bonds is 4. The van der Waals surface area contributed by atoms with Gasteiger partial charge < -0.3 is 20.4 Å². The molecule has 5 heteroatoms. The van der Waals surface area contributed by atoms with Crippen molar-refractivity contribution in [3.63, 3.8) is 0 Å². The van der Waals surface area contributed by atoms with Crippen molar-refractivity contribution in [3.8, 4) is 0 Å². The van der Waals surface area contributed by atoms with E-state index in [1.165, 1.54) is 9.80 Å². The highest BCUT2D eigenvalue weighted by Gasteiger charge is 1.98. The van der Waals surface area contributed by atoms with Crippen LogP contribution in [0.4, 0.5) is 0 Å². The molecular weight excluding hydrogens is 172 g/mol. The standard InChI is InChI=1S/C7H18N4S/c1-10(2)5-8-7(12)9-6-11(3)4/h5-6H2,1-4H3,(H2,8,9,12)/p+2. The fourth-order valence-corrected chi connectivity index (χ4v) is 0.721. The summed E-state index contributed by atoms with van der Waals surface area (Å²) in [5.41, 5.74) is 0. The Labute approximate surface area is 79.9 Å². The molecule has 12 heavy (non-hydrogen) atoms. The van der Waals surface area contributed by atoms with Crippen LogP contribution < -0.4 is 20.4 Å². The molecule has 4 N–H and O–H groups in total. The van der Waals surface area contributed by atoms with Crippen LogP contribution in [-0.4, -0.2) is 46.6 Å². The summed E-state index contributed by atoms with van der Waals surface area (Å²) in [6.07, 6.45) is 0. The quantitative estimate of drug-likeness (QED) is 0.278. The third-order valence-electron chi connectivity index (χ3n) is 1.20. The first-order valence-corrected chi connectivity index (χ1v) is 4.53. The number of hydrogen-bond acceptors (Lipinski definition) is 1. The highest BCUT2D eigenvalue weighted by Crippen LogP contribution is 1.57. The summed E-state index contributed by atoms with van der Waals surface area (Å²) in [6.45, 7) is 1.71. The van der Waals surface area contributed by atoms with Crippen LogP contribution in [0.25, 0.3) is 0 Å². The van der Waals surface area contributed by atoms with Gasteiger partial charge in [-0.15, -0.1) is 0 Å². The minimum Gasteiger partial charge on any atom is -0.323 e. The minimum atomic E-state index is 0.734. The minimum absolute atomic E-state index is 0.734. The Balaban J connectivity index is 3.34. The predicted molar refractivity (Wildman–Crippen MR) is 54.2 cm³/mol.